The molecule has 0 saturated carbocycles. The highest BCUT2D eigenvalue weighted by Crippen LogP contribution is 2.21. The summed E-state index contributed by atoms with van der Waals surface area (Å²) in [5.41, 5.74) is 6.88. The summed E-state index contributed by atoms with van der Waals surface area (Å²) in [6, 6.07) is 4.60. The Morgan fingerprint density at radius 2 is 2.28 bits per heavy atom. The van der Waals surface area contributed by atoms with E-state index in [-0.39, 0.29) is 11.0 Å². The van der Waals surface area contributed by atoms with Crippen LogP contribution in [-0.4, -0.2) is 23.6 Å². The zero-order valence-electron chi connectivity index (χ0n) is 10.2. The average molecular weight is 287 g/mol. The number of anilines is 1. The van der Waals surface area contributed by atoms with E-state index in [0.717, 1.165) is 0 Å². The first-order chi connectivity index (χ1) is 8.45. The number of hydrogen-bond donors (Lipinski definition) is 2. The lowest BCUT2D eigenvalue weighted by Gasteiger charge is -2.16. The molecule has 0 amide bonds. The van der Waals surface area contributed by atoms with Gasteiger partial charge in [-0.25, -0.2) is 4.79 Å². The number of halogens is 1. The summed E-state index contributed by atoms with van der Waals surface area (Å²) in [7, 11) is 0. The highest BCUT2D eigenvalue weighted by molar-refractivity contribution is 7.80. The Labute approximate surface area is 116 Å². The SMILES string of the molecule is CCOC(=O)C(C)Nc1ccc(Cl)cc1C(N)=S. The van der Waals surface area contributed by atoms with E-state index in [1.165, 1.54) is 0 Å². The van der Waals surface area contributed by atoms with Crippen LogP contribution >= 0.6 is 23.8 Å². The van der Waals surface area contributed by atoms with Crippen molar-refractivity contribution in [1.82, 2.24) is 0 Å². The van der Waals surface area contributed by atoms with Crippen LogP contribution in [0.3, 0.4) is 0 Å². The van der Waals surface area contributed by atoms with Crippen LogP contribution < -0.4 is 11.1 Å². The molecule has 0 aliphatic heterocycles. The maximum atomic E-state index is 11.5. The largest absolute Gasteiger partial charge is 0.464 e. The van der Waals surface area contributed by atoms with Crippen LogP contribution in [0.1, 0.15) is 19.4 Å². The maximum Gasteiger partial charge on any atom is 0.328 e. The van der Waals surface area contributed by atoms with E-state index in [1.807, 2.05) is 0 Å². The molecule has 0 radical (unpaired) electrons. The first kappa shape index (κ1) is 14.7. The van der Waals surface area contributed by atoms with Crippen molar-refractivity contribution in [2.45, 2.75) is 19.9 Å². The molecule has 0 fully saturated rings. The van der Waals surface area contributed by atoms with Crippen LogP contribution in [0.2, 0.25) is 5.02 Å². The van der Waals surface area contributed by atoms with Gasteiger partial charge in [-0.05, 0) is 32.0 Å². The highest BCUT2D eigenvalue weighted by atomic mass is 35.5. The molecule has 0 spiro atoms. The van der Waals surface area contributed by atoms with Crippen molar-refractivity contribution >= 4 is 40.5 Å². The topological polar surface area (TPSA) is 64.3 Å². The second-order valence-corrected chi connectivity index (χ2v) is 4.55. The normalized spacial score (nSPS) is 11.7. The summed E-state index contributed by atoms with van der Waals surface area (Å²) in [6.45, 7) is 3.80. The van der Waals surface area contributed by atoms with E-state index in [1.54, 1.807) is 32.0 Å². The first-order valence-electron chi connectivity index (χ1n) is 5.48. The Kier molecular flexibility index (Phi) is 5.37. The second kappa shape index (κ2) is 6.56. The average Bonchev–Trinajstić information content (AvgIpc) is 2.31. The van der Waals surface area contributed by atoms with Crippen LogP contribution in [-0.2, 0) is 9.53 Å². The summed E-state index contributed by atoms with van der Waals surface area (Å²) in [4.78, 5) is 11.7. The van der Waals surface area contributed by atoms with E-state index in [9.17, 15) is 4.79 Å². The van der Waals surface area contributed by atoms with Gasteiger partial charge in [0.25, 0.3) is 0 Å². The quantitative estimate of drug-likeness (QED) is 0.642. The maximum absolute atomic E-state index is 11.5. The number of ether oxygens (including phenoxy) is 1. The Bertz CT molecular complexity index is 465. The molecular weight excluding hydrogens is 272 g/mol. The van der Waals surface area contributed by atoms with Crippen molar-refractivity contribution in [2.75, 3.05) is 11.9 Å². The van der Waals surface area contributed by atoms with Crippen LogP contribution in [0.25, 0.3) is 0 Å². The predicted octanol–water partition coefficient (Wildman–Crippen LogP) is 2.34. The monoisotopic (exact) mass is 286 g/mol. The molecule has 4 nitrogen and oxygen atoms in total. The molecule has 18 heavy (non-hydrogen) atoms. The molecule has 1 unspecified atom stereocenters. The fourth-order valence-corrected chi connectivity index (χ4v) is 1.75. The summed E-state index contributed by atoms with van der Waals surface area (Å²) < 4.78 is 4.91. The molecule has 6 heteroatoms. The van der Waals surface area contributed by atoms with Gasteiger partial charge in [-0.2, -0.15) is 0 Å². The summed E-state index contributed by atoms with van der Waals surface area (Å²) in [5, 5.41) is 3.54. The number of carbonyl (C=O) groups excluding carboxylic acids is 1. The van der Waals surface area contributed by atoms with E-state index in [2.05, 4.69) is 5.32 Å². The van der Waals surface area contributed by atoms with Gasteiger partial charge in [0, 0.05) is 16.3 Å². The lowest BCUT2D eigenvalue weighted by atomic mass is 10.1. The smallest absolute Gasteiger partial charge is 0.328 e. The number of rotatable bonds is 5. The number of nitrogens with two attached hydrogens (primary N) is 1. The summed E-state index contributed by atoms with van der Waals surface area (Å²) in [6.07, 6.45) is 0. The molecule has 1 atom stereocenters. The molecule has 1 rings (SSSR count). The van der Waals surface area contributed by atoms with Crippen molar-refractivity contribution in [3.63, 3.8) is 0 Å². The predicted molar refractivity (Wildman–Crippen MR) is 77.1 cm³/mol. The van der Waals surface area contributed by atoms with Gasteiger partial charge >= 0.3 is 5.97 Å². The first-order valence-corrected chi connectivity index (χ1v) is 6.26. The van der Waals surface area contributed by atoms with Gasteiger partial charge in [0.05, 0.1) is 6.61 Å². The number of esters is 1. The summed E-state index contributed by atoms with van der Waals surface area (Å²) in [5.74, 6) is -0.332. The number of hydrogen-bond acceptors (Lipinski definition) is 4. The minimum atomic E-state index is -0.487. The number of carbonyl (C=O) groups is 1. The van der Waals surface area contributed by atoms with E-state index < -0.39 is 6.04 Å². The van der Waals surface area contributed by atoms with Crippen molar-refractivity contribution in [2.24, 2.45) is 5.73 Å². The van der Waals surface area contributed by atoms with Gasteiger partial charge in [-0.15, -0.1) is 0 Å². The minimum absolute atomic E-state index is 0.219. The third kappa shape index (κ3) is 3.85. The van der Waals surface area contributed by atoms with Gasteiger partial charge in [0.1, 0.15) is 11.0 Å². The zero-order chi connectivity index (χ0) is 13.7. The zero-order valence-corrected chi connectivity index (χ0v) is 11.8. The van der Waals surface area contributed by atoms with Gasteiger partial charge in [-0.1, -0.05) is 23.8 Å². The molecule has 0 heterocycles. The molecule has 1 aromatic rings. The fourth-order valence-electron chi connectivity index (χ4n) is 1.41. The molecule has 3 N–H and O–H groups in total. The van der Waals surface area contributed by atoms with Crippen LogP contribution in [0.15, 0.2) is 18.2 Å². The van der Waals surface area contributed by atoms with Crippen LogP contribution in [0.5, 0.6) is 0 Å². The Morgan fingerprint density at radius 1 is 1.61 bits per heavy atom. The molecule has 1 aromatic carbocycles. The van der Waals surface area contributed by atoms with E-state index in [4.69, 9.17) is 34.3 Å². The van der Waals surface area contributed by atoms with Crippen LogP contribution in [0.4, 0.5) is 5.69 Å². The summed E-state index contributed by atoms with van der Waals surface area (Å²) >= 11 is 10.8. The minimum Gasteiger partial charge on any atom is -0.464 e. The Balaban J connectivity index is 2.90. The van der Waals surface area contributed by atoms with Gasteiger partial charge in [0.15, 0.2) is 0 Å². The Hall–Kier alpha value is -1.33. The number of nitrogens with one attached hydrogen (secondary N) is 1. The molecular formula is C12H15ClN2O2S. The lowest BCUT2D eigenvalue weighted by molar-refractivity contribution is -0.143. The van der Waals surface area contributed by atoms with E-state index >= 15 is 0 Å². The third-order valence-corrected chi connectivity index (χ3v) is 2.71. The van der Waals surface area contributed by atoms with Crippen molar-refractivity contribution in [3.05, 3.63) is 28.8 Å². The standard InChI is InChI=1S/C12H15ClN2O2S/c1-3-17-12(16)7(2)15-10-5-4-8(13)6-9(10)11(14)18/h4-7,15H,3H2,1-2H3,(H2,14,18). The Morgan fingerprint density at radius 3 is 2.83 bits per heavy atom. The fraction of sp³-hybridized carbons (Fsp3) is 0.333. The molecule has 0 saturated heterocycles. The number of benzene rings is 1. The molecule has 0 bridgehead atoms. The lowest BCUT2D eigenvalue weighted by Crippen LogP contribution is -2.29. The van der Waals surface area contributed by atoms with Crippen LogP contribution in [0, 0.1) is 0 Å². The van der Waals surface area contributed by atoms with Gasteiger partial charge < -0.3 is 15.8 Å². The third-order valence-electron chi connectivity index (χ3n) is 2.26. The second-order valence-electron chi connectivity index (χ2n) is 3.67. The van der Waals surface area contributed by atoms with Gasteiger partial charge in [0.2, 0.25) is 0 Å². The number of thiocarbonyl (C=S) groups is 1. The molecule has 0 aliphatic carbocycles. The van der Waals surface area contributed by atoms with Crippen molar-refractivity contribution < 1.29 is 9.53 Å². The molecule has 98 valence electrons. The van der Waals surface area contributed by atoms with Crippen molar-refractivity contribution in [3.8, 4) is 0 Å². The molecule has 0 aliphatic rings. The van der Waals surface area contributed by atoms with Gasteiger partial charge in [-0.3, -0.25) is 0 Å². The van der Waals surface area contributed by atoms with E-state index in [0.29, 0.717) is 22.9 Å². The molecule has 0 aromatic heterocycles. The highest BCUT2D eigenvalue weighted by Gasteiger charge is 2.16. The van der Waals surface area contributed by atoms with Crippen molar-refractivity contribution in [1.29, 1.82) is 0 Å².